The highest BCUT2D eigenvalue weighted by molar-refractivity contribution is 5.77. The van der Waals surface area contributed by atoms with E-state index in [1.54, 1.807) is 7.11 Å². The lowest BCUT2D eigenvalue weighted by molar-refractivity contribution is -0.122. The van der Waals surface area contributed by atoms with Gasteiger partial charge in [0.15, 0.2) is 0 Å². The van der Waals surface area contributed by atoms with Crippen molar-refractivity contribution in [2.45, 2.75) is 38.1 Å². The summed E-state index contributed by atoms with van der Waals surface area (Å²) in [5.41, 5.74) is 1.19. The minimum atomic E-state index is 0.161. The van der Waals surface area contributed by atoms with Crippen LogP contribution in [0.4, 0.5) is 0 Å². The topological polar surface area (TPSA) is 38.3 Å². The third kappa shape index (κ3) is 3.66. The van der Waals surface area contributed by atoms with Crippen molar-refractivity contribution in [2.75, 3.05) is 7.11 Å². The lowest BCUT2D eigenvalue weighted by Gasteiger charge is -2.20. The Morgan fingerprint density at radius 3 is 2.62 bits per heavy atom. The van der Waals surface area contributed by atoms with Crippen molar-refractivity contribution in [2.24, 2.45) is 11.8 Å². The lowest BCUT2D eigenvalue weighted by Crippen LogP contribution is -2.30. The van der Waals surface area contributed by atoms with E-state index in [1.807, 2.05) is 12.1 Å². The standard InChI is InChI=1S/C18H23NO2/c1-21-16-10-8-15(9-11-16)18(14-6-7-14)19-17(20)12-13-4-2-3-5-13/h2,4,8-11,13-14,18H,3,5-7,12H2,1H3,(H,19,20). The molecule has 2 aliphatic carbocycles. The largest absolute Gasteiger partial charge is 0.497 e. The van der Waals surface area contributed by atoms with Crippen LogP contribution in [0.5, 0.6) is 5.75 Å². The molecule has 1 aromatic carbocycles. The SMILES string of the molecule is COc1ccc(C(NC(=O)CC2C=CCC2)C2CC2)cc1. The van der Waals surface area contributed by atoms with Gasteiger partial charge in [-0.05, 0) is 55.2 Å². The maximum absolute atomic E-state index is 12.3. The number of methoxy groups -OCH3 is 1. The zero-order chi connectivity index (χ0) is 14.7. The summed E-state index contributed by atoms with van der Waals surface area (Å²) >= 11 is 0. The van der Waals surface area contributed by atoms with E-state index >= 15 is 0 Å². The maximum atomic E-state index is 12.3. The van der Waals surface area contributed by atoms with Crippen molar-refractivity contribution < 1.29 is 9.53 Å². The fourth-order valence-electron chi connectivity index (χ4n) is 3.05. The molecule has 1 amide bonds. The van der Waals surface area contributed by atoms with Crippen LogP contribution in [0.2, 0.25) is 0 Å². The Labute approximate surface area is 126 Å². The number of ether oxygens (including phenoxy) is 1. The number of amides is 1. The van der Waals surface area contributed by atoms with Crippen LogP contribution in [0.15, 0.2) is 36.4 Å². The number of rotatable bonds is 6. The van der Waals surface area contributed by atoms with E-state index in [4.69, 9.17) is 4.74 Å². The van der Waals surface area contributed by atoms with Gasteiger partial charge in [0, 0.05) is 6.42 Å². The summed E-state index contributed by atoms with van der Waals surface area (Å²) in [7, 11) is 1.67. The average molecular weight is 285 g/mol. The minimum absolute atomic E-state index is 0.161. The quantitative estimate of drug-likeness (QED) is 0.811. The second-order valence-electron chi connectivity index (χ2n) is 6.13. The molecule has 3 rings (SSSR count). The Morgan fingerprint density at radius 2 is 2.05 bits per heavy atom. The van der Waals surface area contributed by atoms with E-state index in [0.717, 1.165) is 18.6 Å². The molecule has 0 heterocycles. The van der Waals surface area contributed by atoms with E-state index in [-0.39, 0.29) is 11.9 Å². The molecule has 0 bridgehead atoms. The van der Waals surface area contributed by atoms with Crippen molar-refractivity contribution >= 4 is 5.91 Å². The van der Waals surface area contributed by atoms with Crippen LogP contribution in [-0.2, 0) is 4.79 Å². The van der Waals surface area contributed by atoms with Crippen molar-refractivity contribution in [1.82, 2.24) is 5.32 Å². The van der Waals surface area contributed by atoms with Gasteiger partial charge >= 0.3 is 0 Å². The molecule has 1 aromatic rings. The number of nitrogens with one attached hydrogen (secondary N) is 1. The molecule has 1 fully saturated rings. The number of hydrogen-bond acceptors (Lipinski definition) is 2. The average Bonchev–Trinajstić information content (AvgIpc) is 3.23. The number of carbonyl (C=O) groups is 1. The van der Waals surface area contributed by atoms with Gasteiger partial charge in [0.1, 0.15) is 5.75 Å². The molecule has 21 heavy (non-hydrogen) atoms. The van der Waals surface area contributed by atoms with Crippen LogP contribution < -0.4 is 10.1 Å². The molecule has 2 unspecified atom stereocenters. The van der Waals surface area contributed by atoms with Crippen LogP contribution in [0, 0.1) is 11.8 Å². The van der Waals surface area contributed by atoms with Gasteiger partial charge in [0.25, 0.3) is 0 Å². The summed E-state index contributed by atoms with van der Waals surface area (Å²) in [5, 5.41) is 3.25. The Kier molecular flexibility index (Phi) is 4.28. The van der Waals surface area contributed by atoms with Gasteiger partial charge in [-0.1, -0.05) is 24.3 Å². The minimum Gasteiger partial charge on any atom is -0.497 e. The third-order valence-corrected chi connectivity index (χ3v) is 4.44. The van der Waals surface area contributed by atoms with Crippen molar-refractivity contribution in [3.63, 3.8) is 0 Å². The van der Waals surface area contributed by atoms with Crippen molar-refractivity contribution in [1.29, 1.82) is 0 Å². The monoisotopic (exact) mass is 285 g/mol. The highest BCUT2D eigenvalue weighted by Gasteiger charge is 2.33. The molecule has 0 aliphatic heterocycles. The van der Waals surface area contributed by atoms with Gasteiger partial charge in [-0.3, -0.25) is 4.79 Å². The van der Waals surface area contributed by atoms with Crippen LogP contribution in [0.3, 0.4) is 0 Å². The van der Waals surface area contributed by atoms with E-state index in [9.17, 15) is 4.79 Å². The van der Waals surface area contributed by atoms with E-state index in [0.29, 0.717) is 18.3 Å². The summed E-state index contributed by atoms with van der Waals surface area (Å²) in [6.45, 7) is 0. The van der Waals surface area contributed by atoms with E-state index in [1.165, 1.54) is 18.4 Å². The predicted molar refractivity (Wildman–Crippen MR) is 83.1 cm³/mol. The number of benzene rings is 1. The van der Waals surface area contributed by atoms with Gasteiger partial charge in [0.05, 0.1) is 13.2 Å². The van der Waals surface area contributed by atoms with Gasteiger partial charge in [-0.15, -0.1) is 0 Å². The molecule has 3 nitrogen and oxygen atoms in total. The van der Waals surface area contributed by atoms with Gasteiger partial charge in [-0.25, -0.2) is 0 Å². The van der Waals surface area contributed by atoms with Crippen LogP contribution in [-0.4, -0.2) is 13.0 Å². The van der Waals surface area contributed by atoms with Crippen LogP contribution in [0.1, 0.15) is 43.7 Å². The molecule has 0 aromatic heterocycles. The molecule has 112 valence electrons. The van der Waals surface area contributed by atoms with Crippen molar-refractivity contribution in [3.05, 3.63) is 42.0 Å². The summed E-state index contributed by atoms with van der Waals surface area (Å²) in [5.74, 6) is 2.07. The van der Waals surface area contributed by atoms with E-state index in [2.05, 4.69) is 29.6 Å². The molecule has 1 saturated carbocycles. The number of allylic oxidation sites excluding steroid dienone is 2. The highest BCUT2D eigenvalue weighted by Crippen LogP contribution is 2.41. The predicted octanol–water partition coefficient (Wildman–Crippen LogP) is 3.62. The molecular weight excluding hydrogens is 262 g/mol. The lowest BCUT2D eigenvalue weighted by atomic mass is 10.0. The molecule has 2 atom stereocenters. The Morgan fingerprint density at radius 1 is 1.29 bits per heavy atom. The Balaban J connectivity index is 1.63. The summed E-state index contributed by atoms with van der Waals surface area (Å²) in [6.07, 6.45) is 9.63. The zero-order valence-corrected chi connectivity index (χ0v) is 12.5. The summed E-state index contributed by atoms with van der Waals surface area (Å²) in [6, 6.07) is 8.23. The molecule has 3 heteroatoms. The highest BCUT2D eigenvalue weighted by atomic mass is 16.5. The molecule has 0 spiro atoms. The number of carbonyl (C=O) groups excluding carboxylic acids is 1. The molecular formula is C18H23NO2. The van der Waals surface area contributed by atoms with Gasteiger partial charge in [-0.2, -0.15) is 0 Å². The van der Waals surface area contributed by atoms with Gasteiger partial charge < -0.3 is 10.1 Å². The summed E-state index contributed by atoms with van der Waals surface area (Å²) < 4.78 is 5.20. The fourth-order valence-corrected chi connectivity index (χ4v) is 3.05. The smallest absolute Gasteiger partial charge is 0.221 e. The Hall–Kier alpha value is -1.77. The molecule has 2 aliphatic rings. The molecule has 0 saturated heterocycles. The second kappa shape index (κ2) is 6.33. The first-order valence-electron chi connectivity index (χ1n) is 7.86. The normalized spacial score (nSPS) is 22.0. The first-order valence-corrected chi connectivity index (χ1v) is 7.86. The first kappa shape index (κ1) is 14.2. The first-order chi connectivity index (χ1) is 10.3. The fraction of sp³-hybridized carbons (Fsp3) is 0.500. The van der Waals surface area contributed by atoms with E-state index < -0.39 is 0 Å². The Bertz CT molecular complexity index is 517. The summed E-state index contributed by atoms with van der Waals surface area (Å²) in [4.78, 5) is 12.3. The second-order valence-corrected chi connectivity index (χ2v) is 6.13. The third-order valence-electron chi connectivity index (χ3n) is 4.44. The van der Waals surface area contributed by atoms with Crippen LogP contribution >= 0.6 is 0 Å². The van der Waals surface area contributed by atoms with Crippen molar-refractivity contribution in [3.8, 4) is 5.75 Å². The molecule has 0 radical (unpaired) electrons. The molecule has 1 N–H and O–H groups in total. The zero-order valence-electron chi connectivity index (χ0n) is 12.5. The van der Waals surface area contributed by atoms with Gasteiger partial charge in [0.2, 0.25) is 5.91 Å². The maximum Gasteiger partial charge on any atom is 0.221 e. The van der Waals surface area contributed by atoms with Crippen LogP contribution in [0.25, 0.3) is 0 Å². The number of hydrogen-bond donors (Lipinski definition) is 1.